The summed E-state index contributed by atoms with van der Waals surface area (Å²) in [6.07, 6.45) is 12.1. The number of nitrogens with zero attached hydrogens (tertiary/aromatic N) is 1. The zero-order valence-corrected chi connectivity index (χ0v) is 12.6. The van der Waals surface area contributed by atoms with Crippen molar-refractivity contribution in [2.45, 2.75) is 64.2 Å². The number of fused-ring (bicyclic) bond motifs is 1. The minimum absolute atomic E-state index is 0.431. The molecule has 0 spiro atoms. The molecular weight excluding hydrogens is 250 g/mol. The molecule has 0 aromatic carbocycles. The average Bonchev–Trinajstić information content (AvgIpc) is 2.48. The van der Waals surface area contributed by atoms with Gasteiger partial charge in [-0.3, -0.25) is 4.79 Å². The second kappa shape index (κ2) is 6.05. The number of hydrogen-bond acceptors (Lipinski definition) is 2. The molecule has 2 saturated carbocycles. The average molecular weight is 279 g/mol. The molecule has 3 aliphatic rings. The normalized spacial score (nSPS) is 34.4. The van der Waals surface area contributed by atoms with Crippen LogP contribution in [0.5, 0.6) is 0 Å². The van der Waals surface area contributed by atoms with Gasteiger partial charge in [0.05, 0.1) is 5.41 Å². The highest BCUT2D eigenvalue weighted by Gasteiger charge is 2.42. The molecule has 0 aromatic rings. The van der Waals surface area contributed by atoms with Gasteiger partial charge in [0.15, 0.2) is 0 Å². The first-order valence-electron chi connectivity index (χ1n) is 8.65. The Labute approximate surface area is 122 Å². The smallest absolute Gasteiger partial charge is 0.310 e. The highest BCUT2D eigenvalue weighted by atomic mass is 16.4. The van der Waals surface area contributed by atoms with Crippen LogP contribution in [0.25, 0.3) is 0 Å². The number of piperidine rings is 1. The third-order valence-electron chi connectivity index (χ3n) is 6.17. The van der Waals surface area contributed by atoms with Crippen LogP contribution < -0.4 is 0 Å². The molecule has 1 heterocycles. The van der Waals surface area contributed by atoms with Crippen molar-refractivity contribution in [2.24, 2.45) is 17.3 Å². The third-order valence-corrected chi connectivity index (χ3v) is 6.17. The Morgan fingerprint density at radius 3 is 2.40 bits per heavy atom. The van der Waals surface area contributed by atoms with E-state index in [4.69, 9.17) is 0 Å². The van der Waals surface area contributed by atoms with Crippen LogP contribution in [0.2, 0.25) is 0 Å². The van der Waals surface area contributed by atoms with E-state index in [-0.39, 0.29) is 0 Å². The minimum Gasteiger partial charge on any atom is -0.481 e. The topological polar surface area (TPSA) is 40.5 Å². The molecule has 1 N–H and O–H groups in total. The fraction of sp³-hybridized carbons (Fsp3) is 0.941. The van der Waals surface area contributed by atoms with Gasteiger partial charge in [-0.1, -0.05) is 38.5 Å². The van der Waals surface area contributed by atoms with Gasteiger partial charge >= 0.3 is 5.97 Å². The van der Waals surface area contributed by atoms with Crippen molar-refractivity contribution >= 4 is 5.97 Å². The van der Waals surface area contributed by atoms with Crippen LogP contribution in [0.3, 0.4) is 0 Å². The maximum Gasteiger partial charge on any atom is 0.310 e. The summed E-state index contributed by atoms with van der Waals surface area (Å²) in [6, 6.07) is 0. The molecule has 0 amide bonds. The fourth-order valence-electron chi connectivity index (χ4n) is 4.92. The van der Waals surface area contributed by atoms with E-state index in [0.717, 1.165) is 50.6 Å². The summed E-state index contributed by atoms with van der Waals surface area (Å²) >= 11 is 0. The quantitative estimate of drug-likeness (QED) is 0.859. The summed E-state index contributed by atoms with van der Waals surface area (Å²) in [7, 11) is 0. The van der Waals surface area contributed by atoms with Gasteiger partial charge in [-0.05, 0) is 44.1 Å². The lowest BCUT2D eigenvalue weighted by atomic mass is 9.71. The molecule has 2 aliphatic carbocycles. The van der Waals surface area contributed by atoms with Gasteiger partial charge in [0.1, 0.15) is 0 Å². The molecule has 1 aliphatic heterocycles. The molecule has 114 valence electrons. The number of likely N-dealkylation sites (tertiary alicyclic amines) is 1. The summed E-state index contributed by atoms with van der Waals surface area (Å²) in [5.74, 6) is 1.25. The summed E-state index contributed by atoms with van der Waals surface area (Å²) in [5, 5.41) is 9.73. The molecule has 2 unspecified atom stereocenters. The lowest BCUT2D eigenvalue weighted by Gasteiger charge is -2.45. The van der Waals surface area contributed by atoms with Crippen LogP contribution in [-0.4, -0.2) is 35.6 Å². The molecule has 3 nitrogen and oxygen atoms in total. The van der Waals surface area contributed by atoms with Crippen molar-refractivity contribution in [2.75, 3.05) is 19.6 Å². The van der Waals surface area contributed by atoms with Gasteiger partial charge in [-0.15, -0.1) is 0 Å². The predicted octanol–water partition coefficient (Wildman–Crippen LogP) is 3.53. The number of carboxylic acid groups (broad SMARTS) is 1. The Kier molecular flexibility index (Phi) is 4.34. The second-order valence-electron chi connectivity index (χ2n) is 7.47. The van der Waals surface area contributed by atoms with E-state index < -0.39 is 11.4 Å². The summed E-state index contributed by atoms with van der Waals surface area (Å²) in [4.78, 5) is 14.3. The van der Waals surface area contributed by atoms with E-state index in [1.807, 2.05) is 0 Å². The molecule has 0 aromatic heterocycles. The summed E-state index contributed by atoms with van der Waals surface area (Å²) in [6.45, 7) is 3.11. The van der Waals surface area contributed by atoms with Gasteiger partial charge in [-0.2, -0.15) is 0 Å². The van der Waals surface area contributed by atoms with Gasteiger partial charge in [0.2, 0.25) is 0 Å². The minimum atomic E-state index is -0.539. The van der Waals surface area contributed by atoms with Crippen molar-refractivity contribution in [3.63, 3.8) is 0 Å². The first kappa shape index (κ1) is 14.4. The monoisotopic (exact) mass is 279 g/mol. The number of rotatable bonds is 3. The lowest BCUT2D eigenvalue weighted by molar-refractivity contribution is -0.153. The Hall–Kier alpha value is -0.570. The van der Waals surface area contributed by atoms with Crippen molar-refractivity contribution in [1.29, 1.82) is 0 Å². The highest BCUT2D eigenvalue weighted by molar-refractivity contribution is 5.75. The zero-order valence-electron chi connectivity index (χ0n) is 12.6. The zero-order chi connectivity index (χ0) is 14.0. The van der Waals surface area contributed by atoms with Gasteiger partial charge in [-0.25, -0.2) is 0 Å². The largest absolute Gasteiger partial charge is 0.481 e. The van der Waals surface area contributed by atoms with Gasteiger partial charge < -0.3 is 10.0 Å². The van der Waals surface area contributed by atoms with Gasteiger partial charge in [0, 0.05) is 13.1 Å². The maximum atomic E-state index is 11.8. The number of hydrogen-bond donors (Lipinski definition) is 1. The van der Waals surface area contributed by atoms with Crippen LogP contribution in [0.1, 0.15) is 64.2 Å². The Morgan fingerprint density at radius 2 is 1.70 bits per heavy atom. The van der Waals surface area contributed by atoms with Crippen molar-refractivity contribution in [3.8, 4) is 0 Å². The Bertz CT molecular complexity index is 349. The molecule has 0 radical (unpaired) electrons. The Balaban J connectivity index is 1.62. The van der Waals surface area contributed by atoms with Crippen LogP contribution in [-0.2, 0) is 4.79 Å². The summed E-state index contributed by atoms with van der Waals surface area (Å²) < 4.78 is 0. The van der Waals surface area contributed by atoms with Crippen molar-refractivity contribution < 1.29 is 9.90 Å². The third kappa shape index (κ3) is 2.88. The molecule has 0 bridgehead atoms. The molecule has 3 heteroatoms. The lowest BCUT2D eigenvalue weighted by Crippen LogP contribution is -2.49. The number of carbonyl (C=O) groups is 1. The van der Waals surface area contributed by atoms with Gasteiger partial charge in [0.25, 0.3) is 0 Å². The maximum absolute atomic E-state index is 11.8. The van der Waals surface area contributed by atoms with E-state index in [1.54, 1.807) is 0 Å². The second-order valence-corrected chi connectivity index (χ2v) is 7.47. The standard InChI is InChI=1S/C17H29NO2/c19-16(20)17(9-4-1-5-10-17)13-18-11-8-14-6-2-3-7-15(14)12-18/h14-15H,1-13H2,(H,19,20). The van der Waals surface area contributed by atoms with E-state index >= 15 is 0 Å². The first-order valence-corrected chi connectivity index (χ1v) is 8.65. The molecule has 2 atom stereocenters. The highest BCUT2D eigenvalue weighted by Crippen LogP contribution is 2.40. The number of carboxylic acids is 1. The van der Waals surface area contributed by atoms with E-state index in [2.05, 4.69) is 4.90 Å². The predicted molar refractivity (Wildman–Crippen MR) is 79.7 cm³/mol. The molecule has 1 saturated heterocycles. The summed E-state index contributed by atoms with van der Waals surface area (Å²) in [5.41, 5.74) is -0.431. The molecule has 3 fully saturated rings. The number of aliphatic carboxylic acids is 1. The van der Waals surface area contributed by atoms with E-state index in [9.17, 15) is 9.90 Å². The Morgan fingerprint density at radius 1 is 1.00 bits per heavy atom. The van der Waals surface area contributed by atoms with E-state index in [1.165, 1.54) is 45.1 Å². The fourth-order valence-corrected chi connectivity index (χ4v) is 4.92. The molecular formula is C17H29NO2. The van der Waals surface area contributed by atoms with Crippen molar-refractivity contribution in [3.05, 3.63) is 0 Å². The molecule has 3 rings (SSSR count). The molecule has 20 heavy (non-hydrogen) atoms. The van der Waals surface area contributed by atoms with Crippen molar-refractivity contribution in [1.82, 2.24) is 4.90 Å². The van der Waals surface area contributed by atoms with Crippen LogP contribution >= 0.6 is 0 Å². The van der Waals surface area contributed by atoms with Crippen LogP contribution in [0, 0.1) is 17.3 Å². The van der Waals surface area contributed by atoms with E-state index in [0.29, 0.717) is 0 Å². The van der Waals surface area contributed by atoms with Crippen LogP contribution in [0.15, 0.2) is 0 Å². The van der Waals surface area contributed by atoms with Crippen LogP contribution in [0.4, 0.5) is 0 Å². The first-order chi connectivity index (χ1) is 9.70. The SMILES string of the molecule is O=C(O)C1(CN2CCC3CCCCC3C2)CCCCC1.